The van der Waals surface area contributed by atoms with Gasteiger partial charge in [-0.1, -0.05) is 62.1 Å². The van der Waals surface area contributed by atoms with E-state index in [1.807, 2.05) is 0 Å². The fourth-order valence-corrected chi connectivity index (χ4v) is 6.17. The van der Waals surface area contributed by atoms with Gasteiger partial charge in [-0.25, -0.2) is 4.79 Å². The van der Waals surface area contributed by atoms with E-state index in [1.54, 1.807) is 0 Å². The molecular formula is C28H39N3O. The molecule has 0 aromatic heterocycles. The molecule has 3 aliphatic rings. The van der Waals surface area contributed by atoms with Gasteiger partial charge in [0.15, 0.2) is 0 Å². The summed E-state index contributed by atoms with van der Waals surface area (Å²) in [5.41, 5.74) is 1.43. The Morgan fingerprint density at radius 2 is 1.56 bits per heavy atom. The number of nitrogens with one attached hydrogen (secondary N) is 1. The van der Waals surface area contributed by atoms with E-state index >= 15 is 0 Å². The number of rotatable bonds is 6. The van der Waals surface area contributed by atoms with Crippen LogP contribution in [-0.4, -0.2) is 47.5 Å². The fourth-order valence-electron chi connectivity index (χ4n) is 6.17. The van der Waals surface area contributed by atoms with Gasteiger partial charge in [0.2, 0.25) is 0 Å². The number of likely N-dealkylation sites (tertiary alicyclic amines) is 1. The Balaban J connectivity index is 1.18. The molecule has 1 heterocycles. The molecular weight excluding hydrogens is 394 g/mol. The first kappa shape index (κ1) is 21.8. The summed E-state index contributed by atoms with van der Waals surface area (Å²) in [4.78, 5) is 17.5. The number of amides is 2. The van der Waals surface area contributed by atoms with E-state index < -0.39 is 0 Å². The van der Waals surface area contributed by atoms with Crippen LogP contribution in [0.3, 0.4) is 0 Å². The Morgan fingerprint density at radius 1 is 0.875 bits per heavy atom. The summed E-state index contributed by atoms with van der Waals surface area (Å²) < 4.78 is 0. The van der Waals surface area contributed by atoms with Crippen LogP contribution in [0.2, 0.25) is 0 Å². The predicted octanol–water partition coefficient (Wildman–Crippen LogP) is 5.95. The topological polar surface area (TPSA) is 35.6 Å². The van der Waals surface area contributed by atoms with Gasteiger partial charge in [0.1, 0.15) is 0 Å². The van der Waals surface area contributed by atoms with Crippen molar-refractivity contribution in [2.24, 2.45) is 5.92 Å². The zero-order valence-electron chi connectivity index (χ0n) is 19.5. The van der Waals surface area contributed by atoms with Crippen LogP contribution in [-0.2, 0) is 6.54 Å². The lowest BCUT2D eigenvalue weighted by Gasteiger charge is -2.37. The van der Waals surface area contributed by atoms with Crippen LogP contribution >= 0.6 is 0 Å². The quantitative estimate of drug-likeness (QED) is 0.611. The summed E-state index contributed by atoms with van der Waals surface area (Å²) in [6, 6.07) is 17.0. The van der Waals surface area contributed by atoms with Crippen LogP contribution in [0.4, 0.5) is 4.79 Å². The Hall–Kier alpha value is -2.07. The second-order valence-electron chi connectivity index (χ2n) is 10.4. The lowest BCUT2D eigenvalue weighted by molar-refractivity contribution is 0.118. The lowest BCUT2D eigenvalue weighted by Crippen LogP contribution is -2.48. The molecule has 3 fully saturated rings. The number of carbonyl (C=O) groups is 1. The molecule has 0 unspecified atom stereocenters. The van der Waals surface area contributed by atoms with Crippen molar-refractivity contribution in [2.75, 3.05) is 19.6 Å². The van der Waals surface area contributed by atoms with Crippen LogP contribution in [0.15, 0.2) is 42.5 Å². The van der Waals surface area contributed by atoms with Gasteiger partial charge in [0.25, 0.3) is 0 Å². The summed E-state index contributed by atoms with van der Waals surface area (Å²) >= 11 is 0. The normalized spacial score (nSPS) is 21.1. The maximum atomic E-state index is 12.6. The molecule has 0 spiro atoms. The largest absolute Gasteiger partial charge is 0.335 e. The van der Waals surface area contributed by atoms with E-state index in [0.717, 1.165) is 51.4 Å². The minimum atomic E-state index is 0.180. The van der Waals surface area contributed by atoms with Crippen LogP contribution < -0.4 is 5.32 Å². The van der Waals surface area contributed by atoms with Gasteiger partial charge >= 0.3 is 6.03 Å². The molecule has 2 amide bonds. The average Bonchev–Trinajstić information content (AvgIpc) is 3.54. The van der Waals surface area contributed by atoms with Crippen molar-refractivity contribution in [3.8, 4) is 0 Å². The number of hydrogen-bond donors (Lipinski definition) is 1. The third-order valence-electron chi connectivity index (χ3n) is 8.12. The van der Waals surface area contributed by atoms with E-state index in [0.29, 0.717) is 12.0 Å². The van der Waals surface area contributed by atoms with Crippen molar-refractivity contribution < 1.29 is 4.79 Å². The van der Waals surface area contributed by atoms with Crippen LogP contribution in [0.5, 0.6) is 0 Å². The maximum Gasteiger partial charge on any atom is 0.317 e. The van der Waals surface area contributed by atoms with Gasteiger partial charge in [0.05, 0.1) is 0 Å². The molecule has 1 saturated heterocycles. The summed E-state index contributed by atoms with van der Waals surface area (Å²) in [5.74, 6) is 0.701. The second-order valence-corrected chi connectivity index (χ2v) is 10.4. The molecule has 4 nitrogen and oxygen atoms in total. The van der Waals surface area contributed by atoms with Crippen molar-refractivity contribution in [3.05, 3.63) is 48.0 Å². The van der Waals surface area contributed by atoms with Crippen molar-refractivity contribution >= 4 is 16.8 Å². The monoisotopic (exact) mass is 433 g/mol. The van der Waals surface area contributed by atoms with Crippen LogP contribution in [0, 0.1) is 5.92 Å². The van der Waals surface area contributed by atoms with Gasteiger partial charge < -0.3 is 10.2 Å². The molecule has 2 aromatic carbocycles. The number of piperidine rings is 1. The Bertz CT molecular complexity index is 892. The molecule has 2 aromatic rings. The molecule has 5 rings (SSSR count). The summed E-state index contributed by atoms with van der Waals surface area (Å²) in [7, 11) is 0. The Kier molecular flexibility index (Phi) is 6.97. The second kappa shape index (κ2) is 10.2. The zero-order valence-corrected chi connectivity index (χ0v) is 19.5. The van der Waals surface area contributed by atoms with Crippen molar-refractivity contribution in [3.63, 3.8) is 0 Å². The fraction of sp³-hybridized carbons (Fsp3) is 0.607. The summed E-state index contributed by atoms with van der Waals surface area (Å²) in [6.07, 6.45) is 12.6. The Labute approximate surface area is 193 Å². The minimum absolute atomic E-state index is 0.180. The summed E-state index contributed by atoms with van der Waals surface area (Å²) in [6.45, 7) is 4.06. The molecule has 0 bridgehead atoms. The Morgan fingerprint density at radius 3 is 2.31 bits per heavy atom. The van der Waals surface area contributed by atoms with Crippen molar-refractivity contribution in [1.82, 2.24) is 15.1 Å². The first-order chi connectivity index (χ1) is 15.7. The maximum absolute atomic E-state index is 12.6. The highest BCUT2D eigenvalue weighted by Gasteiger charge is 2.29. The lowest BCUT2D eigenvalue weighted by atomic mass is 9.95. The minimum Gasteiger partial charge on any atom is -0.335 e. The van der Waals surface area contributed by atoms with Gasteiger partial charge in [-0.3, -0.25) is 4.90 Å². The molecule has 4 heteroatoms. The standard InChI is InChI=1S/C28H39N3O/c32-28(29-26-9-3-4-10-26)30-17-15-22(16-18-30)20-31(27-11-5-6-12-27)21-23-13-14-24-7-1-2-8-25(24)19-23/h1-2,7-8,13-14,19,22,26-27H,3-6,9-12,15-18,20-21H2,(H,29,32). The SMILES string of the molecule is O=C(NC1CCCC1)N1CCC(CN(Cc2ccc3ccccc3c2)C2CCCC2)CC1. The molecule has 2 aliphatic carbocycles. The van der Waals surface area contributed by atoms with E-state index in [4.69, 9.17) is 0 Å². The van der Waals surface area contributed by atoms with Crippen molar-refractivity contribution in [1.29, 1.82) is 0 Å². The van der Waals surface area contributed by atoms with Gasteiger partial charge in [-0.15, -0.1) is 0 Å². The number of fused-ring (bicyclic) bond motifs is 1. The number of nitrogens with zero attached hydrogens (tertiary/aromatic N) is 2. The van der Waals surface area contributed by atoms with Gasteiger partial charge in [0, 0.05) is 38.3 Å². The third-order valence-corrected chi connectivity index (χ3v) is 8.12. The molecule has 32 heavy (non-hydrogen) atoms. The van der Waals surface area contributed by atoms with E-state index in [2.05, 4.69) is 57.6 Å². The van der Waals surface area contributed by atoms with Crippen molar-refractivity contribution in [2.45, 2.75) is 82.8 Å². The number of urea groups is 1. The van der Waals surface area contributed by atoms with Gasteiger partial charge in [-0.2, -0.15) is 0 Å². The number of benzene rings is 2. The van der Waals surface area contributed by atoms with Gasteiger partial charge in [-0.05, 0) is 66.8 Å². The number of carbonyl (C=O) groups excluding carboxylic acids is 1. The van der Waals surface area contributed by atoms with Crippen LogP contribution in [0.1, 0.15) is 69.8 Å². The summed E-state index contributed by atoms with van der Waals surface area (Å²) in [5, 5.41) is 5.94. The number of hydrogen-bond acceptors (Lipinski definition) is 2. The molecule has 0 atom stereocenters. The molecule has 0 radical (unpaired) electrons. The first-order valence-electron chi connectivity index (χ1n) is 13.0. The predicted molar refractivity (Wildman–Crippen MR) is 132 cm³/mol. The molecule has 2 saturated carbocycles. The zero-order chi connectivity index (χ0) is 21.8. The van der Waals surface area contributed by atoms with E-state index in [-0.39, 0.29) is 6.03 Å². The highest BCUT2D eigenvalue weighted by atomic mass is 16.2. The molecule has 1 N–H and O–H groups in total. The highest BCUT2D eigenvalue weighted by molar-refractivity contribution is 5.83. The molecule has 172 valence electrons. The van der Waals surface area contributed by atoms with E-state index in [9.17, 15) is 4.79 Å². The van der Waals surface area contributed by atoms with E-state index in [1.165, 1.54) is 61.4 Å². The average molecular weight is 434 g/mol. The third kappa shape index (κ3) is 5.28. The highest BCUT2D eigenvalue weighted by Crippen LogP contribution is 2.29. The first-order valence-corrected chi connectivity index (χ1v) is 13.0. The molecule has 1 aliphatic heterocycles. The smallest absolute Gasteiger partial charge is 0.317 e. The van der Waals surface area contributed by atoms with Crippen LogP contribution in [0.25, 0.3) is 10.8 Å².